The van der Waals surface area contributed by atoms with E-state index in [9.17, 15) is 15.2 Å². The van der Waals surface area contributed by atoms with Crippen molar-refractivity contribution in [2.75, 3.05) is 0 Å². The summed E-state index contributed by atoms with van der Waals surface area (Å²) in [6.45, 7) is 1.70. The molecule has 0 bridgehead atoms. The summed E-state index contributed by atoms with van der Waals surface area (Å²) in [6.07, 6.45) is 1.12. The highest BCUT2D eigenvalue weighted by molar-refractivity contribution is 5.44. The summed E-state index contributed by atoms with van der Waals surface area (Å²) in [5.41, 5.74) is 0.479. The third-order valence-corrected chi connectivity index (χ3v) is 2.40. The summed E-state index contributed by atoms with van der Waals surface area (Å²) in [4.78, 5) is 13.8. The highest BCUT2D eigenvalue weighted by Gasteiger charge is 2.08. The zero-order valence-electron chi connectivity index (χ0n) is 9.53. The van der Waals surface area contributed by atoms with Gasteiger partial charge in [-0.3, -0.25) is 10.1 Å². The molecule has 1 aromatic heterocycles. The van der Waals surface area contributed by atoms with Crippen molar-refractivity contribution < 1.29 is 14.8 Å². The molecule has 0 spiro atoms. The van der Waals surface area contributed by atoms with Gasteiger partial charge in [0, 0.05) is 17.7 Å². The molecule has 2 rings (SSSR count). The van der Waals surface area contributed by atoms with E-state index in [-0.39, 0.29) is 17.3 Å². The minimum absolute atomic E-state index is 0.102. The van der Waals surface area contributed by atoms with Gasteiger partial charge in [0.05, 0.1) is 4.92 Å². The van der Waals surface area contributed by atoms with Gasteiger partial charge in [-0.25, -0.2) is 4.98 Å². The van der Waals surface area contributed by atoms with Crippen LogP contribution in [0.15, 0.2) is 36.5 Å². The summed E-state index contributed by atoms with van der Waals surface area (Å²) < 4.78 is 5.43. The SMILES string of the molecule is Cc1c(O)cccc1Oc1ccc([N+](=O)[O-])cn1. The zero-order chi connectivity index (χ0) is 13.1. The third-order valence-electron chi connectivity index (χ3n) is 2.40. The number of phenols is 1. The van der Waals surface area contributed by atoms with Crippen molar-refractivity contribution in [3.63, 3.8) is 0 Å². The van der Waals surface area contributed by atoms with Crippen LogP contribution >= 0.6 is 0 Å². The molecule has 6 nitrogen and oxygen atoms in total. The van der Waals surface area contributed by atoms with E-state index in [1.165, 1.54) is 12.1 Å². The highest BCUT2D eigenvalue weighted by Crippen LogP contribution is 2.29. The zero-order valence-corrected chi connectivity index (χ0v) is 9.53. The molecule has 0 saturated heterocycles. The lowest BCUT2D eigenvalue weighted by Gasteiger charge is -2.08. The van der Waals surface area contributed by atoms with Crippen molar-refractivity contribution in [2.24, 2.45) is 0 Å². The fourth-order valence-electron chi connectivity index (χ4n) is 1.37. The van der Waals surface area contributed by atoms with Crippen LogP contribution < -0.4 is 4.74 Å². The summed E-state index contributed by atoms with van der Waals surface area (Å²) in [6, 6.07) is 7.58. The largest absolute Gasteiger partial charge is 0.508 e. The predicted molar refractivity (Wildman–Crippen MR) is 63.8 cm³/mol. The van der Waals surface area contributed by atoms with Crippen LogP contribution in [0, 0.1) is 17.0 Å². The fraction of sp³-hybridized carbons (Fsp3) is 0.0833. The molecule has 0 radical (unpaired) electrons. The Labute approximate surface area is 103 Å². The van der Waals surface area contributed by atoms with Gasteiger partial charge in [0.2, 0.25) is 5.88 Å². The first-order valence-corrected chi connectivity index (χ1v) is 5.15. The maximum atomic E-state index is 10.5. The van der Waals surface area contributed by atoms with E-state index in [0.29, 0.717) is 11.3 Å². The van der Waals surface area contributed by atoms with Gasteiger partial charge in [0.1, 0.15) is 17.7 Å². The van der Waals surface area contributed by atoms with Crippen LogP contribution in [-0.4, -0.2) is 15.0 Å². The number of nitrogens with zero attached hydrogens (tertiary/aromatic N) is 2. The van der Waals surface area contributed by atoms with Crippen LogP contribution in [0.5, 0.6) is 17.4 Å². The number of nitro groups is 1. The highest BCUT2D eigenvalue weighted by atomic mass is 16.6. The van der Waals surface area contributed by atoms with Gasteiger partial charge in [-0.2, -0.15) is 0 Å². The molecule has 0 aliphatic heterocycles. The van der Waals surface area contributed by atoms with E-state index in [1.54, 1.807) is 25.1 Å². The first-order valence-electron chi connectivity index (χ1n) is 5.15. The number of aromatic nitrogens is 1. The molecular weight excluding hydrogens is 236 g/mol. The quantitative estimate of drug-likeness (QED) is 0.664. The van der Waals surface area contributed by atoms with Crippen molar-refractivity contribution in [2.45, 2.75) is 6.92 Å². The molecular formula is C12H10N2O4. The first kappa shape index (κ1) is 11.8. The van der Waals surface area contributed by atoms with Gasteiger partial charge in [-0.1, -0.05) is 6.07 Å². The van der Waals surface area contributed by atoms with Crippen molar-refractivity contribution >= 4 is 5.69 Å². The second-order valence-corrected chi connectivity index (χ2v) is 3.61. The molecule has 1 N–H and O–H groups in total. The standard InChI is InChI=1S/C12H10N2O4/c1-8-10(15)3-2-4-11(8)18-12-6-5-9(7-13-12)14(16)17/h2-7,15H,1H3. The predicted octanol–water partition coefficient (Wildman–Crippen LogP) is 2.80. The van der Waals surface area contributed by atoms with E-state index in [0.717, 1.165) is 6.20 Å². The van der Waals surface area contributed by atoms with Crippen molar-refractivity contribution in [3.8, 4) is 17.4 Å². The minimum atomic E-state index is -0.531. The summed E-state index contributed by atoms with van der Waals surface area (Å²) >= 11 is 0. The maximum absolute atomic E-state index is 10.5. The summed E-state index contributed by atoms with van der Waals surface area (Å²) in [5.74, 6) is 0.806. The van der Waals surface area contributed by atoms with Crippen molar-refractivity contribution in [1.29, 1.82) is 0 Å². The number of aromatic hydroxyl groups is 1. The number of benzene rings is 1. The van der Waals surface area contributed by atoms with Gasteiger partial charge in [0.25, 0.3) is 5.69 Å². The van der Waals surface area contributed by atoms with Crippen molar-refractivity contribution in [3.05, 3.63) is 52.2 Å². The fourth-order valence-corrected chi connectivity index (χ4v) is 1.37. The van der Waals surface area contributed by atoms with Gasteiger partial charge in [-0.15, -0.1) is 0 Å². The molecule has 1 aromatic carbocycles. The Hall–Kier alpha value is -2.63. The van der Waals surface area contributed by atoms with Gasteiger partial charge >= 0.3 is 0 Å². The van der Waals surface area contributed by atoms with E-state index in [1.807, 2.05) is 0 Å². The molecule has 0 saturated carbocycles. The monoisotopic (exact) mass is 246 g/mol. The molecule has 18 heavy (non-hydrogen) atoms. The van der Waals surface area contributed by atoms with E-state index in [2.05, 4.69) is 4.98 Å². The van der Waals surface area contributed by atoms with E-state index in [4.69, 9.17) is 4.74 Å². The smallest absolute Gasteiger partial charge is 0.287 e. The normalized spacial score (nSPS) is 10.1. The summed E-state index contributed by atoms with van der Waals surface area (Å²) in [7, 11) is 0. The Bertz CT molecular complexity index is 581. The topological polar surface area (TPSA) is 85.5 Å². The first-order chi connectivity index (χ1) is 8.58. The molecule has 0 atom stereocenters. The Balaban J connectivity index is 2.24. The lowest BCUT2D eigenvalue weighted by atomic mass is 10.2. The maximum Gasteiger partial charge on any atom is 0.287 e. The Morgan fingerprint density at radius 2 is 2.11 bits per heavy atom. The number of phenolic OH excluding ortho intramolecular Hbond substituents is 1. The average molecular weight is 246 g/mol. The number of hydrogen-bond donors (Lipinski definition) is 1. The molecule has 0 amide bonds. The van der Waals surface area contributed by atoms with Crippen LogP contribution in [0.4, 0.5) is 5.69 Å². The average Bonchev–Trinajstić information content (AvgIpc) is 2.36. The molecule has 92 valence electrons. The van der Waals surface area contributed by atoms with E-state index < -0.39 is 4.92 Å². The number of hydrogen-bond acceptors (Lipinski definition) is 5. The molecule has 1 heterocycles. The lowest BCUT2D eigenvalue weighted by Crippen LogP contribution is -1.92. The third kappa shape index (κ3) is 2.37. The van der Waals surface area contributed by atoms with Crippen LogP contribution in [0.1, 0.15) is 5.56 Å². The molecule has 0 unspecified atom stereocenters. The summed E-state index contributed by atoms with van der Waals surface area (Å²) in [5, 5.41) is 20.0. The Kier molecular flexibility index (Phi) is 3.09. The van der Waals surface area contributed by atoms with E-state index >= 15 is 0 Å². The Morgan fingerprint density at radius 3 is 2.72 bits per heavy atom. The van der Waals surface area contributed by atoms with Crippen LogP contribution in [0.25, 0.3) is 0 Å². The van der Waals surface area contributed by atoms with Gasteiger partial charge in [-0.05, 0) is 19.1 Å². The van der Waals surface area contributed by atoms with Crippen molar-refractivity contribution in [1.82, 2.24) is 4.98 Å². The molecule has 0 fully saturated rings. The molecule has 6 heteroatoms. The second kappa shape index (κ2) is 4.70. The number of ether oxygens (including phenoxy) is 1. The Morgan fingerprint density at radius 1 is 1.33 bits per heavy atom. The molecule has 0 aliphatic carbocycles. The number of pyridine rings is 1. The van der Waals surface area contributed by atoms with Gasteiger partial charge < -0.3 is 9.84 Å². The molecule has 2 aromatic rings. The van der Waals surface area contributed by atoms with Gasteiger partial charge in [0.15, 0.2) is 0 Å². The lowest BCUT2D eigenvalue weighted by molar-refractivity contribution is -0.385. The minimum Gasteiger partial charge on any atom is -0.508 e. The van der Waals surface area contributed by atoms with Crippen LogP contribution in [0.2, 0.25) is 0 Å². The second-order valence-electron chi connectivity index (χ2n) is 3.61. The molecule has 0 aliphatic rings. The van der Waals surface area contributed by atoms with Crippen LogP contribution in [0.3, 0.4) is 0 Å². The number of rotatable bonds is 3. The van der Waals surface area contributed by atoms with Crippen LogP contribution in [-0.2, 0) is 0 Å².